The van der Waals surface area contributed by atoms with Gasteiger partial charge in [0.1, 0.15) is 0 Å². The maximum Gasteiger partial charge on any atom is 0.0553 e. The van der Waals surface area contributed by atoms with E-state index in [-0.39, 0.29) is 0 Å². The van der Waals surface area contributed by atoms with Crippen LogP contribution in [0.3, 0.4) is 0 Å². The highest BCUT2D eigenvalue weighted by molar-refractivity contribution is 5.47. The predicted molar refractivity (Wildman–Crippen MR) is 57.4 cm³/mol. The third-order valence-electron chi connectivity index (χ3n) is 3.73. The summed E-state index contributed by atoms with van der Waals surface area (Å²) < 4.78 is 0. The molecule has 0 radical (unpaired) electrons. The van der Waals surface area contributed by atoms with Gasteiger partial charge in [0.25, 0.3) is 0 Å². The summed E-state index contributed by atoms with van der Waals surface area (Å²) in [5, 5.41) is 0. The average molecular weight is 188 g/mol. The Morgan fingerprint density at radius 3 is 2.64 bits per heavy atom. The van der Waals surface area contributed by atoms with Crippen molar-refractivity contribution in [3.8, 4) is 0 Å². The van der Waals surface area contributed by atoms with Crippen molar-refractivity contribution >= 4 is 5.69 Å². The molecule has 0 unspecified atom stereocenters. The molecule has 2 heteroatoms. The second-order valence-corrected chi connectivity index (χ2v) is 4.77. The van der Waals surface area contributed by atoms with Gasteiger partial charge in [0.2, 0.25) is 0 Å². The Bertz CT molecular complexity index is 306. The van der Waals surface area contributed by atoms with E-state index in [2.05, 4.69) is 16.0 Å². The van der Waals surface area contributed by atoms with Crippen LogP contribution in [0.2, 0.25) is 0 Å². The van der Waals surface area contributed by atoms with Crippen LogP contribution >= 0.6 is 0 Å². The third kappa shape index (κ3) is 1.21. The Balaban J connectivity index is 1.69. The van der Waals surface area contributed by atoms with Gasteiger partial charge in [-0.1, -0.05) is 12.8 Å². The van der Waals surface area contributed by atoms with E-state index < -0.39 is 0 Å². The Morgan fingerprint density at radius 1 is 1.21 bits per heavy atom. The Hall–Kier alpha value is -1.05. The summed E-state index contributed by atoms with van der Waals surface area (Å²) >= 11 is 0. The predicted octanol–water partition coefficient (Wildman–Crippen LogP) is 2.46. The van der Waals surface area contributed by atoms with E-state index in [0.29, 0.717) is 5.41 Å². The fraction of sp³-hybridized carbons (Fsp3) is 0.583. The van der Waals surface area contributed by atoms with Crippen molar-refractivity contribution in [2.75, 3.05) is 18.0 Å². The number of nitrogens with zero attached hydrogens (tertiary/aromatic N) is 2. The van der Waals surface area contributed by atoms with Gasteiger partial charge in [-0.2, -0.15) is 0 Å². The molecule has 3 rings (SSSR count). The van der Waals surface area contributed by atoms with Crippen molar-refractivity contribution < 1.29 is 0 Å². The highest BCUT2D eigenvalue weighted by atomic mass is 15.2. The van der Waals surface area contributed by atoms with Crippen LogP contribution in [0.1, 0.15) is 25.7 Å². The zero-order valence-electron chi connectivity index (χ0n) is 8.45. The van der Waals surface area contributed by atoms with Gasteiger partial charge < -0.3 is 4.90 Å². The summed E-state index contributed by atoms with van der Waals surface area (Å²) in [6.07, 6.45) is 9.60. The highest BCUT2D eigenvalue weighted by Crippen LogP contribution is 2.46. The number of hydrogen-bond donors (Lipinski definition) is 0. The van der Waals surface area contributed by atoms with E-state index in [4.69, 9.17) is 0 Å². The minimum Gasteiger partial charge on any atom is -0.369 e. The zero-order chi connectivity index (χ0) is 9.43. The second kappa shape index (κ2) is 2.97. The molecule has 1 saturated heterocycles. The molecule has 1 spiro atoms. The van der Waals surface area contributed by atoms with Crippen molar-refractivity contribution in [1.82, 2.24) is 4.98 Å². The van der Waals surface area contributed by atoms with Crippen molar-refractivity contribution in [3.63, 3.8) is 0 Å². The van der Waals surface area contributed by atoms with Crippen LogP contribution in [0.25, 0.3) is 0 Å². The Morgan fingerprint density at radius 2 is 2.00 bits per heavy atom. The molecule has 0 bridgehead atoms. The van der Waals surface area contributed by atoms with Gasteiger partial charge in [-0.25, -0.2) is 0 Å². The second-order valence-electron chi connectivity index (χ2n) is 4.77. The summed E-state index contributed by atoms with van der Waals surface area (Å²) in [6.45, 7) is 2.53. The lowest BCUT2D eigenvalue weighted by Crippen LogP contribution is -2.55. The summed E-state index contributed by atoms with van der Waals surface area (Å²) in [5.74, 6) is 0. The molecule has 1 aromatic heterocycles. The Labute approximate surface area is 85.0 Å². The molecule has 2 heterocycles. The largest absolute Gasteiger partial charge is 0.369 e. The molecule has 74 valence electrons. The van der Waals surface area contributed by atoms with Gasteiger partial charge in [-0.05, 0) is 25.0 Å². The lowest BCUT2D eigenvalue weighted by atomic mass is 9.78. The molecule has 1 aliphatic heterocycles. The maximum atomic E-state index is 4.16. The summed E-state index contributed by atoms with van der Waals surface area (Å²) in [7, 11) is 0. The normalized spacial score (nSPS) is 23.9. The first kappa shape index (κ1) is 8.27. The Kier molecular flexibility index (Phi) is 1.76. The van der Waals surface area contributed by atoms with Crippen LogP contribution in [0.5, 0.6) is 0 Å². The summed E-state index contributed by atoms with van der Waals surface area (Å²) in [4.78, 5) is 6.62. The van der Waals surface area contributed by atoms with Gasteiger partial charge in [0.15, 0.2) is 0 Å². The fourth-order valence-electron chi connectivity index (χ4n) is 2.93. The van der Waals surface area contributed by atoms with Gasteiger partial charge in [0.05, 0.1) is 11.9 Å². The van der Waals surface area contributed by atoms with Gasteiger partial charge >= 0.3 is 0 Å². The smallest absolute Gasteiger partial charge is 0.0553 e. The molecular weight excluding hydrogens is 172 g/mol. The summed E-state index contributed by atoms with van der Waals surface area (Å²) in [6, 6.07) is 4.18. The van der Waals surface area contributed by atoms with Crippen molar-refractivity contribution in [2.45, 2.75) is 25.7 Å². The number of pyridine rings is 1. The number of rotatable bonds is 1. The minimum absolute atomic E-state index is 0.690. The molecule has 1 aromatic rings. The summed E-state index contributed by atoms with van der Waals surface area (Å²) in [5.41, 5.74) is 1.99. The van der Waals surface area contributed by atoms with Crippen LogP contribution in [-0.2, 0) is 0 Å². The van der Waals surface area contributed by atoms with Crippen molar-refractivity contribution in [2.24, 2.45) is 5.41 Å². The van der Waals surface area contributed by atoms with E-state index in [1.165, 1.54) is 44.5 Å². The van der Waals surface area contributed by atoms with E-state index in [1.807, 2.05) is 18.5 Å². The first-order valence-corrected chi connectivity index (χ1v) is 5.53. The van der Waals surface area contributed by atoms with Gasteiger partial charge in [0, 0.05) is 24.7 Å². The van der Waals surface area contributed by atoms with E-state index in [9.17, 15) is 0 Å². The quantitative estimate of drug-likeness (QED) is 0.673. The molecular formula is C12H16N2. The molecule has 0 N–H and O–H groups in total. The molecule has 14 heavy (non-hydrogen) atoms. The first-order chi connectivity index (χ1) is 6.88. The standard InChI is InChI=1S/C12H16N2/c1-2-6-12(5-1)9-14(10-12)11-4-3-7-13-8-11/h3-4,7-8H,1-2,5-6,9-10H2. The lowest BCUT2D eigenvalue weighted by Gasteiger charge is -2.49. The van der Waals surface area contributed by atoms with Crippen molar-refractivity contribution in [1.29, 1.82) is 0 Å². The molecule has 0 atom stereocenters. The van der Waals surface area contributed by atoms with E-state index in [0.717, 1.165) is 0 Å². The number of aromatic nitrogens is 1. The van der Waals surface area contributed by atoms with Crippen LogP contribution < -0.4 is 4.90 Å². The van der Waals surface area contributed by atoms with E-state index >= 15 is 0 Å². The minimum atomic E-state index is 0.690. The number of hydrogen-bond acceptors (Lipinski definition) is 2. The SMILES string of the molecule is c1cncc(N2CC3(CCCC3)C2)c1. The third-order valence-corrected chi connectivity index (χ3v) is 3.73. The average Bonchev–Trinajstić information content (AvgIpc) is 2.65. The topological polar surface area (TPSA) is 16.1 Å². The van der Waals surface area contributed by atoms with Crippen LogP contribution in [0.15, 0.2) is 24.5 Å². The van der Waals surface area contributed by atoms with Gasteiger partial charge in [-0.15, -0.1) is 0 Å². The molecule has 2 aliphatic rings. The molecule has 0 amide bonds. The fourth-order valence-corrected chi connectivity index (χ4v) is 2.93. The zero-order valence-corrected chi connectivity index (χ0v) is 8.45. The molecule has 1 aliphatic carbocycles. The lowest BCUT2D eigenvalue weighted by molar-refractivity contribution is 0.222. The first-order valence-electron chi connectivity index (χ1n) is 5.53. The highest BCUT2D eigenvalue weighted by Gasteiger charge is 2.44. The molecule has 0 aromatic carbocycles. The van der Waals surface area contributed by atoms with Gasteiger partial charge in [-0.3, -0.25) is 4.98 Å². The number of anilines is 1. The molecule has 1 saturated carbocycles. The van der Waals surface area contributed by atoms with Crippen LogP contribution in [-0.4, -0.2) is 18.1 Å². The maximum absolute atomic E-state index is 4.16. The monoisotopic (exact) mass is 188 g/mol. The van der Waals surface area contributed by atoms with E-state index in [1.54, 1.807) is 0 Å². The van der Waals surface area contributed by atoms with Crippen molar-refractivity contribution in [3.05, 3.63) is 24.5 Å². The molecule has 2 fully saturated rings. The van der Waals surface area contributed by atoms with Crippen LogP contribution in [0.4, 0.5) is 5.69 Å². The van der Waals surface area contributed by atoms with Crippen LogP contribution in [0, 0.1) is 5.41 Å². The molecule has 2 nitrogen and oxygen atoms in total.